The van der Waals surface area contributed by atoms with Gasteiger partial charge in [0.05, 0.1) is 13.2 Å². The van der Waals surface area contributed by atoms with Crippen LogP contribution in [0.3, 0.4) is 0 Å². The van der Waals surface area contributed by atoms with E-state index in [1.807, 2.05) is 36.1 Å². The molecule has 1 aromatic rings. The SMILES string of the molecule is CCOc1ccc(NC(=O)N2CCCC2CN(C)CCOC)cc1. The molecule has 1 aromatic carbocycles. The summed E-state index contributed by atoms with van der Waals surface area (Å²) in [5, 5.41) is 2.99. The molecule has 134 valence electrons. The summed E-state index contributed by atoms with van der Waals surface area (Å²) in [6.07, 6.45) is 2.10. The van der Waals surface area contributed by atoms with Gasteiger partial charge in [0.2, 0.25) is 0 Å². The number of benzene rings is 1. The van der Waals surface area contributed by atoms with E-state index < -0.39 is 0 Å². The normalized spacial score (nSPS) is 17.3. The zero-order chi connectivity index (χ0) is 17.4. The highest BCUT2D eigenvalue weighted by Crippen LogP contribution is 2.21. The molecule has 6 nitrogen and oxygen atoms in total. The van der Waals surface area contributed by atoms with E-state index in [1.165, 1.54) is 0 Å². The summed E-state index contributed by atoms with van der Waals surface area (Å²) >= 11 is 0. The standard InChI is InChI=1S/C18H29N3O3/c1-4-24-17-9-7-15(8-10-17)19-18(22)21-11-5-6-16(21)14-20(2)12-13-23-3/h7-10,16H,4-6,11-14H2,1-3H3,(H,19,22). The van der Waals surface area contributed by atoms with Crippen LogP contribution in [-0.4, -0.2) is 68.9 Å². The molecule has 1 atom stereocenters. The predicted molar refractivity (Wildman–Crippen MR) is 95.7 cm³/mol. The van der Waals surface area contributed by atoms with E-state index in [1.54, 1.807) is 7.11 Å². The van der Waals surface area contributed by atoms with E-state index in [-0.39, 0.29) is 12.1 Å². The van der Waals surface area contributed by atoms with Gasteiger partial charge in [0.25, 0.3) is 0 Å². The van der Waals surface area contributed by atoms with Crippen molar-refractivity contribution in [1.82, 2.24) is 9.80 Å². The summed E-state index contributed by atoms with van der Waals surface area (Å²) in [5.74, 6) is 0.814. The molecule has 2 rings (SSSR count). The minimum atomic E-state index is -0.0261. The van der Waals surface area contributed by atoms with Gasteiger partial charge < -0.3 is 24.6 Å². The monoisotopic (exact) mass is 335 g/mol. The Morgan fingerprint density at radius 1 is 1.38 bits per heavy atom. The number of methoxy groups -OCH3 is 1. The number of hydrogen-bond donors (Lipinski definition) is 1. The molecule has 2 amide bonds. The molecule has 1 N–H and O–H groups in total. The fourth-order valence-corrected chi connectivity index (χ4v) is 2.99. The number of likely N-dealkylation sites (N-methyl/N-ethyl adjacent to an activating group) is 1. The van der Waals surface area contributed by atoms with Gasteiger partial charge in [-0.05, 0) is 51.1 Å². The quantitative estimate of drug-likeness (QED) is 0.793. The van der Waals surface area contributed by atoms with Gasteiger partial charge in [-0.25, -0.2) is 4.79 Å². The van der Waals surface area contributed by atoms with Gasteiger partial charge >= 0.3 is 6.03 Å². The van der Waals surface area contributed by atoms with Gasteiger partial charge in [-0.3, -0.25) is 0 Å². The molecule has 24 heavy (non-hydrogen) atoms. The Morgan fingerprint density at radius 3 is 2.79 bits per heavy atom. The fraction of sp³-hybridized carbons (Fsp3) is 0.611. The van der Waals surface area contributed by atoms with Crippen LogP contribution >= 0.6 is 0 Å². The summed E-state index contributed by atoms with van der Waals surface area (Å²) in [6, 6.07) is 7.73. The first-order chi connectivity index (χ1) is 11.6. The maximum Gasteiger partial charge on any atom is 0.322 e. The summed E-state index contributed by atoms with van der Waals surface area (Å²) in [5.41, 5.74) is 0.793. The lowest BCUT2D eigenvalue weighted by molar-refractivity contribution is 0.143. The second-order valence-electron chi connectivity index (χ2n) is 6.13. The highest BCUT2D eigenvalue weighted by Gasteiger charge is 2.29. The molecule has 1 heterocycles. The Balaban J connectivity index is 1.88. The smallest absolute Gasteiger partial charge is 0.322 e. The number of nitrogens with zero attached hydrogens (tertiary/aromatic N) is 2. The first-order valence-corrected chi connectivity index (χ1v) is 8.62. The van der Waals surface area contributed by atoms with E-state index in [4.69, 9.17) is 9.47 Å². The molecular weight excluding hydrogens is 306 g/mol. The molecule has 0 aromatic heterocycles. The Kier molecular flexibility index (Phi) is 7.34. The summed E-state index contributed by atoms with van der Waals surface area (Å²) in [6.45, 7) is 5.86. The van der Waals surface area contributed by atoms with Crippen LogP contribution in [0.2, 0.25) is 0 Å². The van der Waals surface area contributed by atoms with E-state index in [9.17, 15) is 4.79 Å². The van der Waals surface area contributed by atoms with Crippen LogP contribution in [0, 0.1) is 0 Å². The number of anilines is 1. The molecule has 1 aliphatic rings. The first kappa shape index (κ1) is 18.5. The van der Waals surface area contributed by atoms with Crippen molar-refractivity contribution in [2.75, 3.05) is 52.3 Å². The van der Waals surface area contributed by atoms with E-state index in [0.717, 1.165) is 43.9 Å². The number of ether oxygens (including phenoxy) is 2. The van der Waals surface area contributed by atoms with Crippen LogP contribution in [0.15, 0.2) is 24.3 Å². The third-order valence-electron chi connectivity index (χ3n) is 4.25. The van der Waals surface area contributed by atoms with Crippen molar-refractivity contribution >= 4 is 11.7 Å². The highest BCUT2D eigenvalue weighted by atomic mass is 16.5. The predicted octanol–water partition coefficient (Wildman–Crippen LogP) is 2.66. The minimum absolute atomic E-state index is 0.0261. The van der Waals surface area contributed by atoms with Crippen LogP contribution < -0.4 is 10.1 Å². The lowest BCUT2D eigenvalue weighted by Crippen LogP contribution is -2.44. The fourth-order valence-electron chi connectivity index (χ4n) is 2.99. The molecule has 1 unspecified atom stereocenters. The number of nitrogens with one attached hydrogen (secondary N) is 1. The van der Waals surface area contributed by atoms with E-state index >= 15 is 0 Å². The van der Waals surface area contributed by atoms with Crippen molar-refractivity contribution < 1.29 is 14.3 Å². The van der Waals surface area contributed by atoms with Crippen molar-refractivity contribution in [3.63, 3.8) is 0 Å². The van der Waals surface area contributed by atoms with E-state index in [2.05, 4.69) is 17.3 Å². The molecule has 0 saturated carbocycles. The lowest BCUT2D eigenvalue weighted by atomic mass is 10.2. The number of urea groups is 1. The van der Waals surface area contributed by atoms with Crippen LogP contribution in [0.1, 0.15) is 19.8 Å². The topological polar surface area (TPSA) is 54.0 Å². The molecule has 0 radical (unpaired) electrons. The zero-order valence-corrected chi connectivity index (χ0v) is 15.0. The van der Waals surface area contributed by atoms with E-state index in [0.29, 0.717) is 13.2 Å². The van der Waals surface area contributed by atoms with Gasteiger partial charge in [0, 0.05) is 38.5 Å². The zero-order valence-electron chi connectivity index (χ0n) is 15.0. The second kappa shape index (κ2) is 9.49. The maximum atomic E-state index is 12.6. The van der Waals surface area contributed by atoms with Crippen molar-refractivity contribution in [3.05, 3.63) is 24.3 Å². The molecule has 0 aliphatic carbocycles. The number of carbonyl (C=O) groups excluding carboxylic acids is 1. The van der Waals surface area contributed by atoms with Gasteiger partial charge in [-0.1, -0.05) is 0 Å². The molecular formula is C18H29N3O3. The van der Waals surface area contributed by atoms with Crippen molar-refractivity contribution in [2.45, 2.75) is 25.8 Å². The Labute approximate surface area is 144 Å². The maximum absolute atomic E-state index is 12.6. The average Bonchev–Trinajstić information content (AvgIpc) is 3.03. The van der Waals surface area contributed by atoms with Crippen LogP contribution in [0.25, 0.3) is 0 Å². The lowest BCUT2D eigenvalue weighted by Gasteiger charge is -2.28. The summed E-state index contributed by atoms with van der Waals surface area (Å²) < 4.78 is 10.5. The number of amides is 2. The summed E-state index contributed by atoms with van der Waals surface area (Å²) in [4.78, 5) is 16.7. The van der Waals surface area contributed by atoms with Crippen LogP contribution in [0.5, 0.6) is 5.75 Å². The number of carbonyl (C=O) groups is 1. The van der Waals surface area contributed by atoms with Crippen LogP contribution in [0.4, 0.5) is 10.5 Å². The van der Waals surface area contributed by atoms with Crippen molar-refractivity contribution in [2.24, 2.45) is 0 Å². The largest absolute Gasteiger partial charge is 0.494 e. The Morgan fingerprint density at radius 2 is 2.12 bits per heavy atom. The second-order valence-corrected chi connectivity index (χ2v) is 6.13. The Hall–Kier alpha value is -1.79. The molecule has 1 fully saturated rings. The molecule has 1 aliphatic heterocycles. The third-order valence-corrected chi connectivity index (χ3v) is 4.25. The van der Waals surface area contributed by atoms with Gasteiger partial charge in [0.1, 0.15) is 5.75 Å². The molecule has 1 saturated heterocycles. The number of hydrogen-bond acceptors (Lipinski definition) is 4. The molecule has 0 bridgehead atoms. The van der Waals surface area contributed by atoms with Crippen molar-refractivity contribution in [3.8, 4) is 5.75 Å². The third kappa shape index (κ3) is 5.39. The van der Waals surface area contributed by atoms with Gasteiger partial charge in [-0.2, -0.15) is 0 Å². The van der Waals surface area contributed by atoms with Crippen molar-refractivity contribution in [1.29, 1.82) is 0 Å². The number of rotatable bonds is 8. The van der Waals surface area contributed by atoms with Crippen LogP contribution in [-0.2, 0) is 4.74 Å². The number of likely N-dealkylation sites (tertiary alicyclic amines) is 1. The highest BCUT2D eigenvalue weighted by molar-refractivity contribution is 5.89. The summed E-state index contributed by atoms with van der Waals surface area (Å²) in [7, 11) is 3.78. The Bertz CT molecular complexity index is 507. The first-order valence-electron chi connectivity index (χ1n) is 8.62. The van der Waals surface area contributed by atoms with Gasteiger partial charge in [0.15, 0.2) is 0 Å². The van der Waals surface area contributed by atoms with Gasteiger partial charge in [-0.15, -0.1) is 0 Å². The average molecular weight is 335 g/mol. The molecule has 0 spiro atoms. The minimum Gasteiger partial charge on any atom is -0.494 e. The molecule has 6 heteroatoms.